The molecule has 0 radical (unpaired) electrons. The van der Waals surface area contributed by atoms with Crippen molar-refractivity contribution < 1.29 is 36.2 Å². The summed E-state index contributed by atoms with van der Waals surface area (Å²) in [6.45, 7) is 6.60. The van der Waals surface area contributed by atoms with E-state index in [0.29, 0.717) is 6.07 Å². The number of carbonyl (C=O) groups is 1. The van der Waals surface area contributed by atoms with Crippen molar-refractivity contribution in [2.75, 3.05) is 10.8 Å². The molecule has 0 saturated carbocycles. The van der Waals surface area contributed by atoms with Gasteiger partial charge in [-0.1, -0.05) is 30.3 Å². The predicted octanol–water partition coefficient (Wildman–Crippen LogP) is 6.45. The van der Waals surface area contributed by atoms with Crippen LogP contribution in [-0.2, 0) is 21.0 Å². The number of ether oxygens (including phenoxy) is 1. The SMILES string of the molecule is Cc1cccc(C)c1-c1ccc2c(c1)N(S(=O)(=O)c1cccc(C(F)(F)F)c1)C[C@H](CC(C)(C)C(=O)O)O2. The van der Waals surface area contributed by atoms with Crippen LogP contribution >= 0.6 is 0 Å². The van der Waals surface area contributed by atoms with Crippen molar-refractivity contribution in [3.8, 4) is 16.9 Å². The maximum Gasteiger partial charge on any atom is 0.416 e. The summed E-state index contributed by atoms with van der Waals surface area (Å²) in [6.07, 6.45) is -5.59. The van der Waals surface area contributed by atoms with Gasteiger partial charge in [0, 0.05) is 6.42 Å². The Morgan fingerprint density at radius 3 is 2.26 bits per heavy atom. The van der Waals surface area contributed by atoms with Gasteiger partial charge in [0.25, 0.3) is 10.0 Å². The lowest BCUT2D eigenvalue weighted by Gasteiger charge is -2.38. The topological polar surface area (TPSA) is 83.9 Å². The van der Waals surface area contributed by atoms with Gasteiger partial charge in [-0.25, -0.2) is 8.42 Å². The van der Waals surface area contributed by atoms with Crippen LogP contribution in [0.15, 0.2) is 65.6 Å². The molecular weight excluding hydrogens is 519 g/mol. The molecule has 3 aromatic rings. The Morgan fingerprint density at radius 1 is 1.03 bits per heavy atom. The maximum absolute atomic E-state index is 13.8. The highest BCUT2D eigenvalue weighted by Crippen LogP contribution is 2.43. The van der Waals surface area contributed by atoms with E-state index in [0.717, 1.165) is 44.8 Å². The normalized spacial score (nSPS) is 16.1. The fourth-order valence-electron chi connectivity index (χ4n) is 4.69. The number of halogens is 3. The van der Waals surface area contributed by atoms with Gasteiger partial charge in [0.15, 0.2) is 0 Å². The van der Waals surface area contributed by atoms with E-state index >= 15 is 0 Å². The molecule has 10 heteroatoms. The standard InChI is InChI=1S/C28H28F3NO5S/c1-17-7-5-8-18(2)25(17)19-11-12-24-23(13-19)32(16-21(37-24)15-27(3,4)26(33)34)38(35,36)22-10-6-9-20(14-22)28(29,30)31/h5-14,21H,15-16H2,1-4H3,(H,33,34)/t21-/m0/s1. The smallest absolute Gasteiger partial charge is 0.416 e. The van der Waals surface area contributed by atoms with E-state index in [9.17, 15) is 31.5 Å². The second-order valence-corrected chi connectivity index (χ2v) is 12.0. The Kier molecular flexibility index (Phi) is 6.98. The number of aryl methyl sites for hydroxylation is 2. The first kappa shape index (κ1) is 27.5. The molecule has 1 aliphatic heterocycles. The summed E-state index contributed by atoms with van der Waals surface area (Å²) in [6, 6.07) is 14.4. The third-order valence-electron chi connectivity index (χ3n) is 6.73. The molecule has 0 spiro atoms. The van der Waals surface area contributed by atoms with Crippen LogP contribution in [-0.4, -0.2) is 32.1 Å². The van der Waals surface area contributed by atoms with Gasteiger partial charge in [-0.05, 0) is 80.3 Å². The molecule has 0 aliphatic carbocycles. The molecule has 202 valence electrons. The maximum atomic E-state index is 13.8. The lowest BCUT2D eigenvalue weighted by Crippen LogP contribution is -2.46. The van der Waals surface area contributed by atoms with E-state index in [4.69, 9.17) is 4.74 Å². The number of benzene rings is 3. The Bertz CT molecular complexity index is 1480. The quantitative estimate of drug-likeness (QED) is 0.384. The summed E-state index contributed by atoms with van der Waals surface area (Å²) in [5.41, 5.74) is 1.42. The van der Waals surface area contributed by atoms with Gasteiger partial charge in [-0.3, -0.25) is 9.10 Å². The van der Waals surface area contributed by atoms with Crippen LogP contribution in [0.2, 0.25) is 0 Å². The zero-order chi connectivity index (χ0) is 28.0. The lowest BCUT2D eigenvalue weighted by molar-refractivity contribution is -0.148. The third kappa shape index (κ3) is 5.22. The van der Waals surface area contributed by atoms with Gasteiger partial charge in [0.2, 0.25) is 0 Å². The number of aliphatic carboxylic acids is 1. The van der Waals surface area contributed by atoms with Crippen LogP contribution in [0, 0.1) is 19.3 Å². The number of hydrogen-bond acceptors (Lipinski definition) is 4. The Labute approximate surface area is 219 Å². The molecule has 0 unspecified atom stereocenters. The van der Waals surface area contributed by atoms with Crippen LogP contribution < -0.4 is 9.04 Å². The number of anilines is 1. The van der Waals surface area contributed by atoms with Gasteiger partial charge >= 0.3 is 12.1 Å². The summed E-state index contributed by atoms with van der Waals surface area (Å²) in [4.78, 5) is 11.2. The van der Waals surface area contributed by atoms with Gasteiger partial charge in [-0.2, -0.15) is 13.2 Å². The fourth-order valence-corrected chi connectivity index (χ4v) is 6.23. The Balaban J connectivity index is 1.87. The first-order valence-corrected chi connectivity index (χ1v) is 13.4. The van der Waals surface area contributed by atoms with Gasteiger partial charge in [0.05, 0.1) is 28.1 Å². The lowest BCUT2D eigenvalue weighted by atomic mass is 9.86. The van der Waals surface area contributed by atoms with Crippen molar-refractivity contribution in [3.63, 3.8) is 0 Å². The number of nitrogens with zero attached hydrogens (tertiary/aromatic N) is 1. The number of carboxylic acids is 1. The number of alkyl halides is 3. The number of hydrogen-bond donors (Lipinski definition) is 1. The number of carboxylic acid groups (broad SMARTS) is 1. The van der Waals surface area contributed by atoms with E-state index in [1.165, 1.54) is 13.8 Å². The summed E-state index contributed by atoms with van der Waals surface area (Å²) < 4.78 is 75.0. The highest BCUT2D eigenvalue weighted by atomic mass is 32.2. The summed E-state index contributed by atoms with van der Waals surface area (Å²) in [5, 5.41) is 9.60. The molecule has 1 atom stereocenters. The van der Waals surface area contributed by atoms with Crippen LogP contribution in [0.1, 0.15) is 37.0 Å². The van der Waals surface area contributed by atoms with Crippen molar-refractivity contribution >= 4 is 21.7 Å². The molecule has 4 rings (SSSR count). The molecule has 6 nitrogen and oxygen atoms in total. The number of sulfonamides is 1. The first-order valence-electron chi connectivity index (χ1n) is 11.9. The van der Waals surface area contributed by atoms with Gasteiger partial charge < -0.3 is 9.84 Å². The van der Waals surface area contributed by atoms with Crippen molar-refractivity contribution in [2.45, 2.75) is 51.3 Å². The molecule has 0 bridgehead atoms. The van der Waals surface area contributed by atoms with E-state index in [-0.39, 0.29) is 24.4 Å². The monoisotopic (exact) mass is 547 g/mol. The average molecular weight is 548 g/mol. The van der Waals surface area contributed by atoms with Crippen molar-refractivity contribution in [1.29, 1.82) is 0 Å². The van der Waals surface area contributed by atoms with Gasteiger partial charge in [0.1, 0.15) is 11.9 Å². The van der Waals surface area contributed by atoms with Crippen molar-refractivity contribution in [2.24, 2.45) is 5.41 Å². The van der Waals surface area contributed by atoms with Gasteiger partial charge in [-0.15, -0.1) is 0 Å². The number of rotatable bonds is 6. The molecule has 0 amide bonds. The molecule has 1 aliphatic rings. The highest BCUT2D eigenvalue weighted by Gasteiger charge is 2.40. The molecule has 38 heavy (non-hydrogen) atoms. The minimum atomic E-state index is -4.72. The van der Waals surface area contributed by atoms with E-state index in [2.05, 4.69) is 0 Å². The molecular formula is C28H28F3NO5S. The third-order valence-corrected chi connectivity index (χ3v) is 8.50. The molecule has 0 saturated heterocycles. The Morgan fingerprint density at radius 2 is 1.66 bits per heavy atom. The van der Waals surface area contributed by atoms with E-state index in [1.807, 2.05) is 32.0 Å². The van der Waals surface area contributed by atoms with Crippen molar-refractivity contribution in [3.05, 3.63) is 77.4 Å². The minimum Gasteiger partial charge on any atom is -0.486 e. The largest absolute Gasteiger partial charge is 0.486 e. The summed E-state index contributed by atoms with van der Waals surface area (Å²) >= 11 is 0. The van der Waals surface area contributed by atoms with E-state index in [1.54, 1.807) is 18.2 Å². The average Bonchev–Trinajstić information content (AvgIpc) is 2.82. The minimum absolute atomic E-state index is 0.0188. The van der Waals surface area contributed by atoms with E-state index < -0.39 is 44.1 Å². The molecule has 0 fully saturated rings. The fraction of sp³-hybridized carbons (Fsp3) is 0.321. The zero-order valence-corrected chi connectivity index (χ0v) is 22.2. The van der Waals surface area contributed by atoms with Crippen LogP contribution in [0.4, 0.5) is 18.9 Å². The molecule has 1 heterocycles. The second-order valence-electron chi connectivity index (χ2n) is 10.1. The predicted molar refractivity (Wildman–Crippen MR) is 138 cm³/mol. The molecule has 3 aromatic carbocycles. The molecule has 1 N–H and O–H groups in total. The second kappa shape index (κ2) is 9.65. The zero-order valence-electron chi connectivity index (χ0n) is 21.3. The molecule has 0 aromatic heterocycles. The summed E-state index contributed by atoms with van der Waals surface area (Å²) in [5.74, 6) is -0.877. The van der Waals surface area contributed by atoms with Crippen molar-refractivity contribution in [1.82, 2.24) is 0 Å². The highest BCUT2D eigenvalue weighted by molar-refractivity contribution is 7.92. The van der Waals surface area contributed by atoms with Crippen LogP contribution in [0.5, 0.6) is 5.75 Å². The summed E-state index contributed by atoms with van der Waals surface area (Å²) in [7, 11) is -4.48. The first-order chi connectivity index (χ1) is 17.6. The Hall–Kier alpha value is -3.53. The van der Waals surface area contributed by atoms with Crippen LogP contribution in [0.3, 0.4) is 0 Å². The number of fused-ring (bicyclic) bond motifs is 1. The van der Waals surface area contributed by atoms with Crippen LogP contribution in [0.25, 0.3) is 11.1 Å².